The summed E-state index contributed by atoms with van der Waals surface area (Å²) < 4.78 is 25.5. The molecule has 3 fully saturated rings. The first kappa shape index (κ1) is 34.6. The number of hydrogen-bond donors (Lipinski definition) is 3. The Balaban J connectivity index is 1.08. The molecular weight excluding hydrogens is 657 g/mol. The van der Waals surface area contributed by atoms with Crippen molar-refractivity contribution in [2.75, 3.05) is 25.6 Å². The molecular formula is C37H44FN7O6. The molecule has 51 heavy (non-hydrogen) atoms. The lowest BCUT2D eigenvalue weighted by Crippen LogP contribution is -2.50. The molecule has 2 aromatic heterocycles. The maximum absolute atomic E-state index is 14.3. The Kier molecular flexibility index (Phi) is 10.0. The normalized spacial score (nSPS) is 25.9. The fraction of sp³-hybridized carbons (Fsp3) is 0.514. The van der Waals surface area contributed by atoms with E-state index in [0.717, 1.165) is 43.0 Å². The molecule has 4 N–H and O–H groups in total. The number of ether oxygens (including phenoxy) is 2. The molecule has 0 radical (unpaired) electrons. The number of nitrogens with zero attached hydrogens (tertiary/aromatic N) is 4. The molecule has 3 atom stereocenters. The monoisotopic (exact) mass is 701 g/mol. The van der Waals surface area contributed by atoms with Crippen LogP contribution in [0.1, 0.15) is 68.3 Å². The molecule has 14 heteroatoms. The number of nitrogens with two attached hydrogens (primary N) is 1. The number of rotatable bonds is 9. The smallest absolute Gasteiger partial charge is 0.404 e. The van der Waals surface area contributed by atoms with Crippen LogP contribution >= 0.6 is 0 Å². The Morgan fingerprint density at radius 1 is 1.00 bits per heavy atom. The van der Waals surface area contributed by atoms with E-state index in [1.54, 1.807) is 36.3 Å². The number of alkyl halides is 1. The van der Waals surface area contributed by atoms with Gasteiger partial charge in [0.15, 0.2) is 0 Å². The van der Waals surface area contributed by atoms with Crippen molar-refractivity contribution in [3.8, 4) is 0 Å². The van der Waals surface area contributed by atoms with Crippen LogP contribution in [0.25, 0.3) is 21.9 Å². The summed E-state index contributed by atoms with van der Waals surface area (Å²) in [6.07, 6.45) is 4.82. The van der Waals surface area contributed by atoms with Crippen molar-refractivity contribution in [1.29, 1.82) is 0 Å². The number of carbonyl (C=O) groups is 4. The number of anilines is 1. The first-order valence-corrected chi connectivity index (χ1v) is 17.9. The lowest BCUT2D eigenvalue weighted by Gasteiger charge is -2.37. The van der Waals surface area contributed by atoms with E-state index in [1.807, 2.05) is 24.3 Å². The highest BCUT2D eigenvalue weighted by Crippen LogP contribution is 2.42. The van der Waals surface area contributed by atoms with Gasteiger partial charge >= 0.3 is 6.09 Å². The van der Waals surface area contributed by atoms with E-state index in [1.165, 1.54) is 4.68 Å². The first-order valence-electron chi connectivity index (χ1n) is 17.9. The average molecular weight is 702 g/mol. The van der Waals surface area contributed by atoms with Crippen LogP contribution in [-0.2, 0) is 19.1 Å². The van der Waals surface area contributed by atoms with Gasteiger partial charge in [0.1, 0.15) is 30.0 Å². The highest BCUT2D eigenvalue weighted by atomic mass is 19.1. The second kappa shape index (κ2) is 14.8. The van der Waals surface area contributed by atoms with Crippen LogP contribution in [0.5, 0.6) is 0 Å². The third kappa shape index (κ3) is 7.06. The SMILES string of the molecule is COC1CCC([C@@H]2CCN(C(=O)C3CCC([C@@H](CF)OC(N)=O)CC3)[C@@H]2C(=O)Nc2ccc3[nH]c(C(=O)n4nnc5ccccc54)cc3c2)CC1. The number of benzene rings is 2. The van der Waals surface area contributed by atoms with E-state index in [0.29, 0.717) is 54.6 Å². The van der Waals surface area contributed by atoms with E-state index >= 15 is 0 Å². The summed E-state index contributed by atoms with van der Waals surface area (Å²) in [5.41, 5.74) is 7.97. The van der Waals surface area contributed by atoms with Gasteiger partial charge in [-0.05, 0) is 112 Å². The lowest BCUT2D eigenvalue weighted by molar-refractivity contribution is -0.142. The molecule has 4 aromatic rings. The predicted octanol–water partition coefficient (Wildman–Crippen LogP) is 5.20. The van der Waals surface area contributed by atoms with E-state index in [9.17, 15) is 23.6 Å². The van der Waals surface area contributed by atoms with Gasteiger partial charge in [0.05, 0.1) is 11.6 Å². The zero-order valence-electron chi connectivity index (χ0n) is 28.6. The highest BCUT2D eigenvalue weighted by molar-refractivity contribution is 6.04. The summed E-state index contributed by atoms with van der Waals surface area (Å²) >= 11 is 0. The Morgan fingerprint density at radius 2 is 1.76 bits per heavy atom. The van der Waals surface area contributed by atoms with Crippen LogP contribution < -0.4 is 11.1 Å². The molecule has 7 rings (SSSR count). The minimum Gasteiger partial charge on any atom is -0.443 e. The number of fused-ring (bicyclic) bond motifs is 2. The predicted molar refractivity (Wildman–Crippen MR) is 186 cm³/mol. The molecule has 0 spiro atoms. The Bertz CT molecular complexity index is 1910. The van der Waals surface area contributed by atoms with Gasteiger partial charge in [0.2, 0.25) is 11.8 Å². The summed E-state index contributed by atoms with van der Waals surface area (Å²) in [7, 11) is 1.73. The number of halogens is 1. The number of amides is 3. The van der Waals surface area contributed by atoms with Gasteiger partial charge in [-0.3, -0.25) is 14.4 Å². The third-order valence-electron chi connectivity index (χ3n) is 11.4. The Hall–Kier alpha value is -4.85. The standard InChI is InChI=1S/C37H44FN7O6/c1-50-26-13-10-21(11-14-26)27-16-17-44(35(47)23-8-6-22(7-9-23)32(20-38)51-37(39)49)33(27)34(46)40-25-12-15-28-24(18-25)19-30(41-28)36(48)45-31-5-3-2-4-29(31)42-43-45/h2-5,12,15,18-19,21-23,26-27,32-33,41H,6-11,13-14,16-17,20H2,1H3,(H2,39,49)(H,40,46)/t21?,22?,23?,26?,27-,32+,33-/m0/s1. The molecule has 3 heterocycles. The molecule has 13 nitrogen and oxygen atoms in total. The summed E-state index contributed by atoms with van der Waals surface area (Å²) in [4.78, 5) is 58.0. The largest absolute Gasteiger partial charge is 0.443 e. The minimum absolute atomic E-state index is 0.000645. The molecule has 270 valence electrons. The summed E-state index contributed by atoms with van der Waals surface area (Å²) in [6.45, 7) is -0.332. The van der Waals surface area contributed by atoms with Crippen molar-refractivity contribution in [2.24, 2.45) is 29.4 Å². The lowest BCUT2D eigenvalue weighted by atomic mass is 9.75. The fourth-order valence-electron chi connectivity index (χ4n) is 8.70. The molecule has 1 saturated heterocycles. The fourth-order valence-corrected chi connectivity index (χ4v) is 8.70. The number of likely N-dealkylation sites (tertiary alicyclic amines) is 1. The molecule has 0 bridgehead atoms. The van der Waals surface area contributed by atoms with Crippen LogP contribution in [0.4, 0.5) is 14.9 Å². The molecule has 2 aliphatic carbocycles. The maximum Gasteiger partial charge on any atom is 0.404 e. The van der Waals surface area contributed by atoms with Gasteiger partial charge in [0.25, 0.3) is 5.91 Å². The topological polar surface area (TPSA) is 175 Å². The van der Waals surface area contributed by atoms with Crippen molar-refractivity contribution in [2.45, 2.75) is 76.0 Å². The van der Waals surface area contributed by atoms with Crippen molar-refractivity contribution in [3.63, 3.8) is 0 Å². The molecule has 2 aromatic carbocycles. The van der Waals surface area contributed by atoms with Gasteiger partial charge in [-0.25, -0.2) is 9.18 Å². The highest BCUT2D eigenvalue weighted by Gasteiger charge is 2.47. The average Bonchev–Trinajstić information content (AvgIpc) is 3.90. The number of H-pyrrole nitrogens is 1. The number of carbonyl (C=O) groups excluding carboxylic acids is 4. The van der Waals surface area contributed by atoms with E-state index in [4.69, 9.17) is 15.2 Å². The Morgan fingerprint density at radius 3 is 2.49 bits per heavy atom. The molecule has 0 unspecified atom stereocenters. The van der Waals surface area contributed by atoms with Crippen LogP contribution in [0.3, 0.4) is 0 Å². The number of nitrogens with one attached hydrogen (secondary N) is 2. The van der Waals surface area contributed by atoms with Crippen LogP contribution in [0.2, 0.25) is 0 Å². The van der Waals surface area contributed by atoms with Crippen molar-refractivity contribution >= 4 is 51.4 Å². The second-order valence-electron chi connectivity index (χ2n) is 14.2. The number of aromatic amines is 1. The minimum atomic E-state index is -1.00. The molecule has 3 amide bonds. The maximum atomic E-state index is 14.3. The summed E-state index contributed by atoms with van der Waals surface area (Å²) in [6, 6.07) is 13.7. The number of methoxy groups -OCH3 is 1. The van der Waals surface area contributed by atoms with Crippen LogP contribution in [0, 0.1) is 23.7 Å². The van der Waals surface area contributed by atoms with Gasteiger partial charge in [-0.15, -0.1) is 5.10 Å². The zero-order chi connectivity index (χ0) is 35.6. The number of primary amides is 1. The quantitative estimate of drug-likeness (QED) is 0.213. The van der Waals surface area contributed by atoms with Gasteiger partial charge in [-0.1, -0.05) is 17.3 Å². The zero-order valence-corrected chi connectivity index (χ0v) is 28.6. The van der Waals surface area contributed by atoms with Crippen LogP contribution in [-0.4, -0.2) is 87.3 Å². The summed E-state index contributed by atoms with van der Waals surface area (Å²) in [5, 5.41) is 12.0. The van der Waals surface area contributed by atoms with Crippen molar-refractivity contribution in [3.05, 3.63) is 54.2 Å². The summed E-state index contributed by atoms with van der Waals surface area (Å²) in [5.74, 6) is -0.872. The number of hydrogen-bond acceptors (Lipinski definition) is 8. The number of aromatic nitrogens is 4. The first-order chi connectivity index (χ1) is 24.7. The van der Waals surface area contributed by atoms with Gasteiger partial charge in [0, 0.05) is 36.2 Å². The van der Waals surface area contributed by atoms with Crippen LogP contribution in [0.15, 0.2) is 48.5 Å². The Labute approximate surface area is 294 Å². The molecule has 3 aliphatic rings. The number of para-hydroxylation sites is 1. The van der Waals surface area contributed by atoms with E-state index in [2.05, 4.69) is 20.6 Å². The van der Waals surface area contributed by atoms with E-state index in [-0.39, 0.29) is 47.5 Å². The molecule has 1 aliphatic heterocycles. The van der Waals surface area contributed by atoms with Crippen molar-refractivity contribution < 1.29 is 33.0 Å². The third-order valence-corrected chi connectivity index (χ3v) is 11.4. The van der Waals surface area contributed by atoms with Gasteiger partial charge in [-0.2, -0.15) is 4.68 Å². The van der Waals surface area contributed by atoms with Crippen molar-refractivity contribution in [1.82, 2.24) is 24.9 Å². The van der Waals surface area contributed by atoms with E-state index < -0.39 is 24.9 Å². The van der Waals surface area contributed by atoms with Gasteiger partial charge < -0.3 is 30.4 Å². The second-order valence-corrected chi connectivity index (χ2v) is 14.2. The molecule has 2 saturated carbocycles.